The van der Waals surface area contributed by atoms with Gasteiger partial charge in [0.1, 0.15) is 0 Å². The first-order valence-electron chi connectivity index (χ1n) is 4.90. The highest BCUT2D eigenvalue weighted by Crippen LogP contribution is 2.29. The largest absolute Gasteiger partial charge is 0.374 e. The molecule has 0 heterocycles. The third kappa shape index (κ3) is 2.74. The van der Waals surface area contributed by atoms with E-state index in [1.807, 2.05) is 0 Å². The molecule has 0 aliphatic heterocycles. The maximum Gasteiger partial charge on any atom is 0.0703 e. The molecule has 0 radical (unpaired) electrons. The normalized spacial score (nSPS) is 32.8. The molecule has 0 aromatic carbocycles. The number of hydrogen-bond donors (Lipinski definition) is 0. The van der Waals surface area contributed by atoms with Gasteiger partial charge in [0.05, 0.1) is 12.2 Å². The average Bonchev–Trinajstić information content (AvgIpc) is 2.36. The van der Waals surface area contributed by atoms with Crippen molar-refractivity contribution in [1.29, 1.82) is 0 Å². The van der Waals surface area contributed by atoms with Crippen LogP contribution in [0.25, 0.3) is 0 Å². The minimum Gasteiger partial charge on any atom is -0.374 e. The Bertz CT molecular complexity index is 136. The fourth-order valence-corrected chi connectivity index (χ4v) is 2.18. The summed E-state index contributed by atoms with van der Waals surface area (Å²) in [6.07, 6.45) is 4.67. The Morgan fingerprint density at radius 2 is 1.92 bits per heavy atom. The molecule has 0 saturated heterocycles. The van der Waals surface area contributed by atoms with Crippen LogP contribution >= 0.6 is 15.9 Å². The second-order valence-electron chi connectivity index (χ2n) is 4.07. The molecule has 1 fully saturated rings. The Kier molecular flexibility index (Phi) is 4.04. The summed E-state index contributed by atoms with van der Waals surface area (Å²) in [5, 5.41) is 0. The molecule has 0 aromatic heterocycles. The molecular formula is C10H19BrO. The third-order valence-electron chi connectivity index (χ3n) is 2.70. The fourth-order valence-electron chi connectivity index (χ4n) is 1.47. The summed E-state index contributed by atoms with van der Waals surface area (Å²) in [6.45, 7) is 6.59. The molecule has 12 heavy (non-hydrogen) atoms. The SMILES string of the molecule is CC(C)C(C)OC1CCCC1Br. The van der Waals surface area contributed by atoms with Crippen LogP contribution < -0.4 is 0 Å². The first kappa shape index (κ1) is 10.5. The quantitative estimate of drug-likeness (QED) is 0.681. The van der Waals surface area contributed by atoms with Crippen molar-refractivity contribution in [1.82, 2.24) is 0 Å². The molecule has 1 saturated carbocycles. The summed E-state index contributed by atoms with van der Waals surface area (Å²) in [4.78, 5) is 0.596. The average molecular weight is 235 g/mol. The lowest BCUT2D eigenvalue weighted by atomic mass is 10.1. The van der Waals surface area contributed by atoms with E-state index in [-0.39, 0.29) is 0 Å². The monoisotopic (exact) mass is 234 g/mol. The third-order valence-corrected chi connectivity index (χ3v) is 3.75. The molecule has 72 valence electrons. The molecule has 0 spiro atoms. The van der Waals surface area contributed by atoms with Gasteiger partial charge in [-0.15, -0.1) is 0 Å². The molecule has 3 unspecified atom stereocenters. The van der Waals surface area contributed by atoms with Gasteiger partial charge in [0.15, 0.2) is 0 Å². The Labute approximate surface area is 84.0 Å². The van der Waals surface area contributed by atoms with Gasteiger partial charge < -0.3 is 4.74 Å². The smallest absolute Gasteiger partial charge is 0.0703 e. The van der Waals surface area contributed by atoms with Gasteiger partial charge in [0, 0.05) is 4.83 Å². The molecule has 1 nitrogen and oxygen atoms in total. The van der Waals surface area contributed by atoms with Crippen molar-refractivity contribution in [3.63, 3.8) is 0 Å². The molecule has 0 aromatic rings. The summed E-state index contributed by atoms with van der Waals surface area (Å²) in [5.74, 6) is 0.630. The van der Waals surface area contributed by atoms with Gasteiger partial charge in [-0.1, -0.05) is 29.8 Å². The molecule has 0 amide bonds. The van der Waals surface area contributed by atoms with E-state index in [0.717, 1.165) is 0 Å². The highest BCUT2D eigenvalue weighted by molar-refractivity contribution is 9.09. The van der Waals surface area contributed by atoms with Gasteiger partial charge in [-0.3, -0.25) is 0 Å². The van der Waals surface area contributed by atoms with Gasteiger partial charge in [-0.25, -0.2) is 0 Å². The van der Waals surface area contributed by atoms with Crippen LogP contribution in [0.5, 0.6) is 0 Å². The van der Waals surface area contributed by atoms with Gasteiger partial charge in [0.2, 0.25) is 0 Å². The molecule has 1 rings (SSSR count). The van der Waals surface area contributed by atoms with E-state index in [0.29, 0.717) is 23.0 Å². The lowest BCUT2D eigenvalue weighted by Gasteiger charge is -2.23. The van der Waals surface area contributed by atoms with Crippen molar-refractivity contribution < 1.29 is 4.74 Å². The van der Waals surface area contributed by atoms with Crippen LogP contribution in [0.1, 0.15) is 40.0 Å². The van der Waals surface area contributed by atoms with Crippen LogP contribution in [-0.2, 0) is 4.74 Å². The zero-order chi connectivity index (χ0) is 9.14. The van der Waals surface area contributed by atoms with E-state index in [1.165, 1.54) is 19.3 Å². The minimum atomic E-state index is 0.396. The van der Waals surface area contributed by atoms with E-state index >= 15 is 0 Å². The summed E-state index contributed by atoms with van der Waals surface area (Å²) in [7, 11) is 0. The van der Waals surface area contributed by atoms with Crippen LogP contribution in [-0.4, -0.2) is 17.0 Å². The predicted octanol–water partition coefficient (Wildman–Crippen LogP) is 3.36. The van der Waals surface area contributed by atoms with Gasteiger partial charge >= 0.3 is 0 Å². The Hall–Kier alpha value is 0.440. The van der Waals surface area contributed by atoms with Gasteiger partial charge in [0.25, 0.3) is 0 Å². The minimum absolute atomic E-state index is 0.396. The van der Waals surface area contributed by atoms with E-state index in [4.69, 9.17) is 4.74 Å². The van der Waals surface area contributed by atoms with E-state index in [2.05, 4.69) is 36.7 Å². The first-order valence-corrected chi connectivity index (χ1v) is 5.82. The Balaban J connectivity index is 2.30. The Morgan fingerprint density at radius 3 is 2.33 bits per heavy atom. The Morgan fingerprint density at radius 1 is 1.25 bits per heavy atom. The highest BCUT2D eigenvalue weighted by Gasteiger charge is 2.27. The van der Waals surface area contributed by atoms with Crippen molar-refractivity contribution in [2.24, 2.45) is 5.92 Å². The van der Waals surface area contributed by atoms with Crippen LogP contribution in [0.3, 0.4) is 0 Å². The van der Waals surface area contributed by atoms with Crippen LogP contribution in [0, 0.1) is 5.92 Å². The van der Waals surface area contributed by atoms with Crippen molar-refractivity contribution in [3.05, 3.63) is 0 Å². The summed E-state index contributed by atoms with van der Waals surface area (Å²) in [5.41, 5.74) is 0. The second kappa shape index (κ2) is 4.61. The predicted molar refractivity (Wildman–Crippen MR) is 55.7 cm³/mol. The number of hydrogen-bond acceptors (Lipinski definition) is 1. The van der Waals surface area contributed by atoms with E-state index in [1.54, 1.807) is 0 Å². The second-order valence-corrected chi connectivity index (χ2v) is 5.25. The first-order chi connectivity index (χ1) is 5.61. The van der Waals surface area contributed by atoms with Crippen LogP contribution in [0.15, 0.2) is 0 Å². The molecule has 2 heteroatoms. The summed E-state index contributed by atoms with van der Waals surface area (Å²) in [6, 6.07) is 0. The lowest BCUT2D eigenvalue weighted by Crippen LogP contribution is -2.26. The fraction of sp³-hybridized carbons (Fsp3) is 1.00. The maximum absolute atomic E-state index is 5.94. The van der Waals surface area contributed by atoms with Crippen molar-refractivity contribution in [2.45, 2.75) is 57.1 Å². The van der Waals surface area contributed by atoms with Gasteiger partial charge in [-0.05, 0) is 32.1 Å². The number of halogens is 1. The highest BCUT2D eigenvalue weighted by atomic mass is 79.9. The molecule has 0 N–H and O–H groups in total. The maximum atomic E-state index is 5.94. The molecule has 1 aliphatic rings. The standard InChI is InChI=1S/C10H19BrO/c1-7(2)8(3)12-10-6-4-5-9(10)11/h7-10H,4-6H2,1-3H3. The number of alkyl halides is 1. The van der Waals surface area contributed by atoms with Crippen LogP contribution in [0.2, 0.25) is 0 Å². The molecule has 0 bridgehead atoms. The topological polar surface area (TPSA) is 9.23 Å². The summed E-state index contributed by atoms with van der Waals surface area (Å²) < 4.78 is 5.94. The number of rotatable bonds is 3. The lowest BCUT2D eigenvalue weighted by molar-refractivity contribution is -0.0178. The zero-order valence-corrected chi connectivity index (χ0v) is 9.80. The summed E-state index contributed by atoms with van der Waals surface area (Å²) >= 11 is 3.66. The zero-order valence-electron chi connectivity index (χ0n) is 8.22. The van der Waals surface area contributed by atoms with Gasteiger partial charge in [-0.2, -0.15) is 0 Å². The van der Waals surface area contributed by atoms with Crippen molar-refractivity contribution in [2.75, 3.05) is 0 Å². The van der Waals surface area contributed by atoms with E-state index in [9.17, 15) is 0 Å². The molecule has 1 aliphatic carbocycles. The van der Waals surface area contributed by atoms with Crippen LogP contribution in [0.4, 0.5) is 0 Å². The van der Waals surface area contributed by atoms with Crippen molar-refractivity contribution in [3.8, 4) is 0 Å². The number of ether oxygens (including phenoxy) is 1. The van der Waals surface area contributed by atoms with E-state index < -0.39 is 0 Å². The molecular weight excluding hydrogens is 216 g/mol. The van der Waals surface area contributed by atoms with Crippen molar-refractivity contribution >= 4 is 15.9 Å². The molecule has 3 atom stereocenters.